The average molecular weight is 105 g/mol. The smallest absolute Gasteiger partial charge is 0.0647 e. The van der Waals surface area contributed by atoms with E-state index in [1.165, 1.54) is 0 Å². The van der Waals surface area contributed by atoms with Gasteiger partial charge in [-0.05, 0) is 0 Å². The number of quaternary nitrogens is 1. The van der Waals surface area contributed by atoms with Crippen molar-refractivity contribution in [2.45, 2.75) is 0 Å². The fraction of sp³-hybridized carbons (Fsp3) is 1.00. The van der Waals surface area contributed by atoms with Gasteiger partial charge in [-0.25, -0.2) is 0 Å². The monoisotopic (exact) mass is 104 g/mol. The maximum atomic E-state index is 2.00. The molecular formula is C2H8ClNNa. The largest absolute Gasteiger partial charge is 1.00 e. The maximum Gasteiger partial charge on any atom is 0.0647 e. The zero-order chi connectivity index (χ0) is 2.71. The van der Waals surface area contributed by atoms with Crippen molar-refractivity contribution >= 4 is 29.6 Å². The molecule has 0 unspecified atom stereocenters. The van der Waals surface area contributed by atoms with Crippen LogP contribution >= 0.6 is 0 Å². The summed E-state index contributed by atoms with van der Waals surface area (Å²) >= 11 is 0. The topological polar surface area (TPSA) is 16.6 Å². The normalized spacial score (nSPS) is 3.60. The summed E-state index contributed by atoms with van der Waals surface area (Å²) in [6.07, 6.45) is 0. The standard InChI is InChI=1S/C2H7N.ClH.Na/c1-3-2;;/h3H,1-2H3;1H;. The Morgan fingerprint density at radius 2 is 1.20 bits per heavy atom. The third-order valence-corrected chi connectivity index (χ3v) is 0. The zero-order valence-corrected chi connectivity index (χ0v) is 6.71. The van der Waals surface area contributed by atoms with E-state index in [1.807, 2.05) is 19.4 Å². The van der Waals surface area contributed by atoms with E-state index in [2.05, 4.69) is 0 Å². The van der Waals surface area contributed by atoms with Crippen LogP contribution < -0.4 is 17.7 Å². The molecule has 0 spiro atoms. The predicted octanol–water partition coefficient (Wildman–Crippen LogP) is -4.57. The Kier molecular flexibility index (Phi) is 61.1. The molecule has 0 fully saturated rings. The SMILES string of the molecule is C[NH2+]C.[Cl-].[Na]. The summed E-state index contributed by atoms with van der Waals surface area (Å²) in [5.74, 6) is 0. The van der Waals surface area contributed by atoms with Gasteiger partial charge in [0.25, 0.3) is 0 Å². The van der Waals surface area contributed by atoms with Gasteiger partial charge in [0.15, 0.2) is 0 Å². The molecule has 29 valence electrons. The summed E-state index contributed by atoms with van der Waals surface area (Å²) in [5.41, 5.74) is 0. The summed E-state index contributed by atoms with van der Waals surface area (Å²) in [6, 6.07) is 0. The minimum absolute atomic E-state index is 0. The van der Waals surface area contributed by atoms with Crippen LogP contribution in [0.4, 0.5) is 0 Å². The summed E-state index contributed by atoms with van der Waals surface area (Å²) in [7, 11) is 4.00. The van der Waals surface area contributed by atoms with E-state index in [0.717, 1.165) is 0 Å². The molecule has 5 heavy (non-hydrogen) atoms. The molecule has 0 aromatic rings. The minimum atomic E-state index is 0. The van der Waals surface area contributed by atoms with Crippen LogP contribution in [0.2, 0.25) is 0 Å². The van der Waals surface area contributed by atoms with Gasteiger partial charge < -0.3 is 17.7 Å². The van der Waals surface area contributed by atoms with E-state index >= 15 is 0 Å². The minimum Gasteiger partial charge on any atom is -1.00 e. The second-order valence-corrected chi connectivity index (χ2v) is 0.577. The van der Waals surface area contributed by atoms with Crippen molar-refractivity contribution in [2.75, 3.05) is 14.1 Å². The van der Waals surface area contributed by atoms with Gasteiger partial charge >= 0.3 is 0 Å². The summed E-state index contributed by atoms with van der Waals surface area (Å²) in [6.45, 7) is 0. The average Bonchev–Trinajstić information content (AvgIpc) is 0.918. The van der Waals surface area contributed by atoms with E-state index in [0.29, 0.717) is 0 Å². The van der Waals surface area contributed by atoms with Gasteiger partial charge in [-0.1, -0.05) is 0 Å². The molecule has 0 rings (SSSR count). The molecule has 0 aliphatic carbocycles. The first-order valence-electron chi connectivity index (χ1n) is 1.15. The van der Waals surface area contributed by atoms with Crippen molar-refractivity contribution in [1.82, 2.24) is 0 Å². The van der Waals surface area contributed by atoms with Gasteiger partial charge in [0.2, 0.25) is 0 Å². The molecule has 0 aliphatic rings. The maximum absolute atomic E-state index is 2.00. The van der Waals surface area contributed by atoms with E-state index in [9.17, 15) is 0 Å². The predicted molar refractivity (Wildman–Crippen MR) is 19.5 cm³/mol. The molecule has 0 heterocycles. The Morgan fingerprint density at radius 3 is 1.20 bits per heavy atom. The quantitative estimate of drug-likeness (QED) is 0.298. The molecule has 0 bridgehead atoms. The molecule has 0 saturated heterocycles. The third kappa shape index (κ3) is 35.5. The van der Waals surface area contributed by atoms with E-state index < -0.39 is 0 Å². The first-order valence-corrected chi connectivity index (χ1v) is 1.15. The second-order valence-electron chi connectivity index (χ2n) is 0.577. The van der Waals surface area contributed by atoms with Crippen LogP contribution in [0.25, 0.3) is 0 Å². The third-order valence-electron chi connectivity index (χ3n) is 0. The molecule has 1 nitrogen and oxygen atoms in total. The molecule has 0 aliphatic heterocycles. The Balaban J connectivity index is -0.0000000200. The van der Waals surface area contributed by atoms with Gasteiger partial charge in [0, 0.05) is 29.6 Å². The number of rotatable bonds is 0. The van der Waals surface area contributed by atoms with Crippen molar-refractivity contribution in [3.8, 4) is 0 Å². The van der Waals surface area contributed by atoms with Crippen molar-refractivity contribution in [2.24, 2.45) is 0 Å². The summed E-state index contributed by atoms with van der Waals surface area (Å²) in [5, 5.41) is 2.00. The fourth-order valence-corrected chi connectivity index (χ4v) is 0. The Hall–Kier alpha value is 1.25. The van der Waals surface area contributed by atoms with Crippen molar-refractivity contribution in [1.29, 1.82) is 0 Å². The van der Waals surface area contributed by atoms with Gasteiger partial charge in [-0.15, -0.1) is 0 Å². The van der Waals surface area contributed by atoms with Crippen LogP contribution in [0, 0.1) is 0 Å². The van der Waals surface area contributed by atoms with Crippen LogP contribution in [-0.4, -0.2) is 43.7 Å². The Labute approximate surface area is 61.2 Å². The number of hydrogen-bond donors (Lipinski definition) is 1. The number of halogens is 1. The summed E-state index contributed by atoms with van der Waals surface area (Å²) in [4.78, 5) is 0. The number of nitrogens with two attached hydrogens (primary N) is 1. The first kappa shape index (κ1) is 16.3. The first-order chi connectivity index (χ1) is 1.41. The van der Waals surface area contributed by atoms with Crippen LogP contribution in [0.3, 0.4) is 0 Å². The number of hydrogen-bond acceptors (Lipinski definition) is 0. The van der Waals surface area contributed by atoms with E-state index in [-0.39, 0.29) is 42.0 Å². The molecule has 0 saturated carbocycles. The fourth-order valence-electron chi connectivity index (χ4n) is 0. The molecule has 0 amide bonds. The van der Waals surface area contributed by atoms with Gasteiger partial charge in [0.05, 0.1) is 14.1 Å². The van der Waals surface area contributed by atoms with Crippen LogP contribution in [-0.2, 0) is 0 Å². The zero-order valence-electron chi connectivity index (χ0n) is 3.96. The van der Waals surface area contributed by atoms with Crippen molar-refractivity contribution < 1.29 is 17.7 Å². The van der Waals surface area contributed by atoms with Crippen molar-refractivity contribution in [3.05, 3.63) is 0 Å². The van der Waals surface area contributed by atoms with E-state index in [1.54, 1.807) is 0 Å². The second kappa shape index (κ2) is 18.7. The molecule has 3 heteroatoms. The molecule has 2 N–H and O–H groups in total. The van der Waals surface area contributed by atoms with E-state index in [4.69, 9.17) is 0 Å². The van der Waals surface area contributed by atoms with Crippen LogP contribution in [0.15, 0.2) is 0 Å². The Morgan fingerprint density at radius 1 is 1.20 bits per heavy atom. The van der Waals surface area contributed by atoms with Gasteiger partial charge in [0.1, 0.15) is 0 Å². The van der Waals surface area contributed by atoms with Gasteiger partial charge in [-0.3, -0.25) is 0 Å². The molecular weight excluding hydrogens is 96.5 g/mol. The molecule has 0 atom stereocenters. The van der Waals surface area contributed by atoms with Crippen LogP contribution in [0.5, 0.6) is 0 Å². The van der Waals surface area contributed by atoms with Crippen LogP contribution in [0.1, 0.15) is 0 Å². The molecule has 0 aromatic carbocycles. The Bertz CT molecular complexity index is 9.61. The van der Waals surface area contributed by atoms with Crippen molar-refractivity contribution in [3.63, 3.8) is 0 Å². The van der Waals surface area contributed by atoms with Gasteiger partial charge in [-0.2, -0.15) is 0 Å². The molecule has 0 aromatic heterocycles. The summed E-state index contributed by atoms with van der Waals surface area (Å²) < 4.78 is 0. The molecule has 1 radical (unpaired) electrons.